The summed E-state index contributed by atoms with van der Waals surface area (Å²) in [6.07, 6.45) is 0. The maximum atomic E-state index is 12.2. The number of furan rings is 1. The molecule has 0 saturated heterocycles. The van der Waals surface area contributed by atoms with Gasteiger partial charge in [-0.1, -0.05) is 23.7 Å². The van der Waals surface area contributed by atoms with Crippen molar-refractivity contribution in [1.29, 1.82) is 5.26 Å². The lowest BCUT2D eigenvalue weighted by Gasteiger charge is -2.06. The third-order valence-corrected chi connectivity index (χ3v) is 4.98. The summed E-state index contributed by atoms with van der Waals surface area (Å²) >= 11 is 7.32. The molecule has 0 bridgehead atoms. The lowest BCUT2D eigenvalue weighted by Crippen LogP contribution is -2.19. The van der Waals surface area contributed by atoms with Crippen molar-refractivity contribution in [3.05, 3.63) is 63.3 Å². The number of nitriles is 1. The SMILES string of the molecule is Cc1csc([C@H](C#N)C(=O)COC(=O)c2ccc(-c3ccccc3Cl)o2)n1. The Morgan fingerprint density at radius 2 is 2.11 bits per heavy atom. The number of rotatable bonds is 6. The van der Waals surface area contributed by atoms with Gasteiger partial charge in [0.2, 0.25) is 5.76 Å². The Balaban J connectivity index is 1.65. The highest BCUT2D eigenvalue weighted by Gasteiger charge is 2.25. The molecule has 0 radical (unpaired) electrons. The Bertz CT molecular complexity index is 1030. The fourth-order valence-corrected chi connectivity index (χ4v) is 3.40. The van der Waals surface area contributed by atoms with E-state index in [2.05, 4.69) is 4.98 Å². The van der Waals surface area contributed by atoms with E-state index < -0.39 is 24.3 Å². The molecule has 3 rings (SSSR count). The molecule has 2 heterocycles. The molecule has 0 fully saturated rings. The van der Waals surface area contributed by atoms with Gasteiger partial charge in [-0.25, -0.2) is 9.78 Å². The molecule has 0 unspecified atom stereocenters. The first-order valence-corrected chi connectivity index (χ1v) is 9.11. The van der Waals surface area contributed by atoms with Gasteiger partial charge in [-0.15, -0.1) is 11.3 Å². The van der Waals surface area contributed by atoms with Gasteiger partial charge in [0, 0.05) is 16.6 Å². The van der Waals surface area contributed by atoms with E-state index in [1.807, 2.05) is 6.07 Å². The Labute approximate surface area is 164 Å². The highest BCUT2D eigenvalue weighted by molar-refractivity contribution is 7.09. The number of ketones is 1. The van der Waals surface area contributed by atoms with Crippen molar-refractivity contribution in [3.8, 4) is 17.4 Å². The number of esters is 1. The van der Waals surface area contributed by atoms with Crippen molar-refractivity contribution in [1.82, 2.24) is 4.98 Å². The van der Waals surface area contributed by atoms with E-state index in [1.54, 1.807) is 42.6 Å². The van der Waals surface area contributed by atoms with Gasteiger partial charge in [0.15, 0.2) is 18.3 Å². The molecular formula is C19H13ClN2O4S. The van der Waals surface area contributed by atoms with Gasteiger partial charge < -0.3 is 9.15 Å². The first-order valence-electron chi connectivity index (χ1n) is 7.86. The minimum absolute atomic E-state index is 0.0590. The van der Waals surface area contributed by atoms with Crippen molar-refractivity contribution in [2.45, 2.75) is 12.8 Å². The molecule has 0 aliphatic rings. The van der Waals surface area contributed by atoms with Gasteiger partial charge in [-0.3, -0.25) is 4.79 Å². The van der Waals surface area contributed by atoms with Crippen LogP contribution in [0.25, 0.3) is 11.3 Å². The zero-order valence-electron chi connectivity index (χ0n) is 14.1. The van der Waals surface area contributed by atoms with E-state index in [9.17, 15) is 14.9 Å². The number of hydrogen-bond acceptors (Lipinski definition) is 7. The van der Waals surface area contributed by atoms with Crippen LogP contribution < -0.4 is 0 Å². The predicted molar refractivity (Wildman–Crippen MR) is 99.6 cm³/mol. The standard InChI is InChI=1S/C19H13ClN2O4S/c1-11-10-27-18(22-11)13(8-21)15(23)9-25-19(24)17-7-6-16(26-17)12-4-2-3-5-14(12)20/h2-7,10,13H,9H2,1H3/t13-/m1/s1. The zero-order chi connectivity index (χ0) is 19.4. The largest absolute Gasteiger partial charge is 0.452 e. The van der Waals surface area contributed by atoms with Gasteiger partial charge >= 0.3 is 5.97 Å². The zero-order valence-corrected chi connectivity index (χ0v) is 15.7. The van der Waals surface area contributed by atoms with Crippen LogP contribution in [0.4, 0.5) is 0 Å². The monoisotopic (exact) mass is 400 g/mol. The first-order chi connectivity index (χ1) is 13.0. The number of hydrogen-bond donors (Lipinski definition) is 0. The second kappa shape index (κ2) is 8.16. The number of Topliss-reactive ketones (excluding diaryl/α,β-unsaturated/α-hetero) is 1. The molecular weight excluding hydrogens is 388 g/mol. The molecule has 27 heavy (non-hydrogen) atoms. The van der Waals surface area contributed by atoms with Gasteiger partial charge in [0.05, 0.1) is 11.1 Å². The molecule has 0 aliphatic carbocycles. The summed E-state index contributed by atoms with van der Waals surface area (Å²) < 4.78 is 10.5. The number of halogens is 1. The van der Waals surface area contributed by atoms with Crippen molar-refractivity contribution >= 4 is 34.7 Å². The van der Waals surface area contributed by atoms with Crippen LogP contribution in [-0.4, -0.2) is 23.3 Å². The number of carbonyl (C=O) groups excluding carboxylic acids is 2. The lowest BCUT2D eigenvalue weighted by atomic mass is 10.1. The molecule has 0 spiro atoms. The molecule has 0 N–H and O–H groups in total. The number of thiazole rings is 1. The normalized spacial score (nSPS) is 11.6. The van der Waals surface area contributed by atoms with Gasteiger partial charge in [-0.2, -0.15) is 5.26 Å². The van der Waals surface area contributed by atoms with Gasteiger partial charge in [0.25, 0.3) is 0 Å². The first kappa shape index (κ1) is 18.8. The maximum Gasteiger partial charge on any atom is 0.374 e. The van der Waals surface area contributed by atoms with E-state index in [0.29, 0.717) is 21.4 Å². The minimum Gasteiger partial charge on any atom is -0.452 e. The summed E-state index contributed by atoms with van der Waals surface area (Å²) in [4.78, 5) is 28.5. The van der Waals surface area contributed by atoms with Crippen LogP contribution in [0.3, 0.4) is 0 Å². The van der Waals surface area contributed by atoms with Crippen LogP contribution in [0.1, 0.15) is 27.2 Å². The fourth-order valence-electron chi connectivity index (χ4n) is 2.31. The van der Waals surface area contributed by atoms with Crippen LogP contribution in [0.15, 0.2) is 46.2 Å². The fraction of sp³-hybridized carbons (Fsp3) is 0.158. The Morgan fingerprint density at radius 1 is 1.33 bits per heavy atom. The van der Waals surface area contributed by atoms with E-state index >= 15 is 0 Å². The average Bonchev–Trinajstić information content (AvgIpc) is 3.30. The van der Waals surface area contributed by atoms with Crippen LogP contribution in [0, 0.1) is 18.3 Å². The summed E-state index contributed by atoms with van der Waals surface area (Å²) in [6, 6.07) is 12.0. The van der Waals surface area contributed by atoms with Crippen LogP contribution in [0.5, 0.6) is 0 Å². The smallest absolute Gasteiger partial charge is 0.374 e. The van der Waals surface area contributed by atoms with E-state index in [0.717, 1.165) is 5.69 Å². The quantitative estimate of drug-likeness (QED) is 0.569. The molecule has 8 heteroatoms. The predicted octanol–water partition coefficient (Wildman–Crippen LogP) is 4.40. The van der Waals surface area contributed by atoms with Gasteiger partial charge in [-0.05, 0) is 31.2 Å². The number of ether oxygens (including phenoxy) is 1. The number of aryl methyl sites for hydroxylation is 1. The second-order valence-electron chi connectivity index (χ2n) is 5.58. The molecule has 136 valence electrons. The maximum absolute atomic E-state index is 12.2. The molecule has 0 aliphatic heterocycles. The Hall–Kier alpha value is -2.95. The highest BCUT2D eigenvalue weighted by atomic mass is 35.5. The average molecular weight is 401 g/mol. The molecule has 2 aromatic heterocycles. The van der Waals surface area contributed by atoms with Crippen LogP contribution in [-0.2, 0) is 9.53 Å². The molecule has 0 saturated carbocycles. The summed E-state index contributed by atoms with van der Waals surface area (Å²) in [5.74, 6) is -2.05. The molecule has 3 aromatic rings. The topological polar surface area (TPSA) is 93.2 Å². The van der Waals surface area contributed by atoms with E-state index in [1.165, 1.54) is 17.4 Å². The Kier molecular flexibility index (Phi) is 5.69. The summed E-state index contributed by atoms with van der Waals surface area (Å²) in [5.41, 5.74) is 1.36. The molecule has 0 amide bonds. The lowest BCUT2D eigenvalue weighted by molar-refractivity contribution is -0.122. The van der Waals surface area contributed by atoms with E-state index in [4.69, 9.17) is 20.8 Å². The number of aromatic nitrogens is 1. The van der Waals surface area contributed by atoms with Crippen LogP contribution >= 0.6 is 22.9 Å². The molecule has 1 atom stereocenters. The van der Waals surface area contributed by atoms with Crippen LogP contribution in [0.2, 0.25) is 5.02 Å². The van der Waals surface area contributed by atoms with Crippen molar-refractivity contribution in [2.75, 3.05) is 6.61 Å². The summed E-state index contributed by atoms with van der Waals surface area (Å²) in [7, 11) is 0. The third-order valence-electron chi connectivity index (χ3n) is 3.63. The number of nitrogens with zero attached hydrogens (tertiary/aromatic N) is 2. The summed E-state index contributed by atoms with van der Waals surface area (Å²) in [5, 5.41) is 11.8. The van der Waals surface area contributed by atoms with Crippen molar-refractivity contribution in [2.24, 2.45) is 0 Å². The molecule has 1 aromatic carbocycles. The minimum atomic E-state index is -1.06. The Morgan fingerprint density at radius 3 is 2.78 bits per heavy atom. The number of carbonyl (C=O) groups is 2. The van der Waals surface area contributed by atoms with Crippen molar-refractivity contribution in [3.63, 3.8) is 0 Å². The highest BCUT2D eigenvalue weighted by Crippen LogP contribution is 2.29. The second-order valence-corrected chi connectivity index (χ2v) is 6.87. The molecule has 6 nitrogen and oxygen atoms in total. The third kappa shape index (κ3) is 4.25. The van der Waals surface area contributed by atoms with E-state index in [-0.39, 0.29) is 5.76 Å². The van der Waals surface area contributed by atoms with Crippen molar-refractivity contribution < 1.29 is 18.7 Å². The van der Waals surface area contributed by atoms with Gasteiger partial charge in [0.1, 0.15) is 10.8 Å². The number of benzene rings is 1. The summed E-state index contributed by atoms with van der Waals surface area (Å²) in [6.45, 7) is 1.23.